The molecule has 3 unspecified atom stereocenters. The highest BCUT2D eigenvalue weighted by molar-refractivity contribution is 6.00. The third-order valence-electron chi connectivity index (χ3n) is 5.72. The third-order valence-corrected chi connectivity index (χ3v) is 5.72. The number of carbonyl (C=O) groups is 6. The van der Waals surface area contributed by atoms with Crippen molar-refractivity contribution in [2.75, 3.05) is 13.2 Å². The van der Waals surface area contributed by atoms with Gasteiger partial charge in [-0.25, -0.2) is 9.40 Å². The minimum absolute atomic E-state index is 0.0273. The van der Waals surface area contributed by atoms with E-state index in [1.54, 1.807) is 30.3 Å². The molecule has 11 nitrogen and oxygen atoms in total. The van der Waals surface area contributed by atoms with Crippen molar-refractivity contribution >= 4 is 35.4 Å². The molecule has 1 aromatic rings. The molecule has 2 fully saturated rings. The molecule has 34 heavy (non-hydrogen) atoms. The SMILES string of the molecule is O=C(O)CC(NC(=O)C1CCCN2C(=O)CCC(NC(=O)c3ccccc3)C(=O)N12)C(=O)CF. The first-order valence-corrected chi connectivity index (χ1v) is 10.8. The van der Waals surface area contributed by atoms with Gasteiger partial charge in [-0.3, -0.25) is 33.8 Å². The summed E-state index contributed by atoms with van der Waals surface area (Å²) in [5.41, 5.74) is 0.317. The molecule has 3 atom stereocenters. The van der Waals surface area contributed by atoms with Crippen LogP contribution in [0, 0.1) is 0 Å². The molecule has 182 valence electrons. The molecule has 4 amide bonds. The molecule has 2 aliphatic rings. The van der Waals surface area contributed by atoms with Gasteiger partial charge in [0.25, 0.3) is 11.8 Å². The number of fused-ring (bicyclic) bond motifs is 1. The smallest absolute Gasteiger partial charge is 0.305 e. The van der Waals surface area contributed by atoms with E-state index in [2.05, 4.69) is 10.6 Å². The second kappa shape index (κ2) is 10.9. The predicted molar refractivity (Wildman–Crippen MR) is 114 cm³/mol. The molecule has 3 rings (SSSR count). The molecule has 0 spiro atoms. The van der Waals surface area contributed by atoms with E-state index in [0.717, 1.165) is 10.0 Å². The quantitative estimate of drug-likeness (QED) is 0.470. The molecule has 1 aromatic carbocycles. The van der Waals surface area contributed by atoms with Crippen LogP contribution in [0.1, 0.15) is 42.5 Å². The molecule has 0 aliphatic carbocycles. The van der Waals surface area contributed by atoms with Gasteiger partial charge >= 0.3 is 5.97 Å². The van der Waals surface area contributed by atoms with E-state index < -0.39 is 66.6 Å². The van der Waals surface area contributed by atoms with E-state index in [0.29, 0.717) is 12.0 Å². The monoisotopic (exact) mass is 476 g/mol. The van der Waals surface area contributed by atoms with E-state index in [1.165, 1.54) is 0 Å². The summed E-state index contributed by atoms with van der Waals surface area (Å²) in [6.07, 6.45) is -0.342. The number of carbonyl (C=O) groups excluding carboxylic acids is 5. The molecule has 3 N–H and O–H groups in total. The second-order valence-electron chi connectivity index (χ2n) is 8.05. The summed E-state index contributed by atoms with van der Waals surface area (Å²) < 4.78 is 12.9. The van der Waals surface area contributed by atoms with Gasteiger partial charge in [0.05, 0.1) is 6.42 Å². The zero-order chi connectivity index (χ0) is 24.8. The van der Waals surface area contributed by atoms with Crippen LogP contribution in [0.5, 0.6) is 0 Å². The number of amides is 4. The van der Waals surface area contributed by atoms with Gasteiger partial charge in [0.1, 0.15) is 24.8 Å². The van der Waals surface area contributed by atoms with Crippen molar-refractivity contribution in [1.82, 2.24) is 20.7 Å². The Hall–Kier alpha value is -3.83. The Labute approximate surface area is 194 Å². The van der Waals surface area contributed by atoms with Gasteiger partial charge in [-0.2, -0.15) is 0 Å². The molecule has 2 saturated heterocycles. The number of Topliss-reactive ketones (excluding diaryl/α,β-unsaturated/α-hetero) is 1. The number of alkyl halides is 1. The van der Waals surface area contributed by atoms with E-state index in [9.17, 15) is 33.2 Å². The summed E-state index contributed by atoms with van der Waals surface area (Å²) in [7, 11) is 0. The standard InChI is InChI=1S/C22H25FN4O7/c23-12-17(28)15(11-19(30)31)25-21(33)16-7-4-10-26-18(29)9-8-14(22(34)27(16)26)24-20(32)13-5-2-1-3-6-13/h1-3,5-6,14-16H,4,7-12H2,(H,24,32)(H,25,33)(H,30,31). The lowest BCUT2D eigenvalue weighted by Gasteiger charge is -2.43. The Morgan fingerprint density at radius 1 is 1.12 bits per heavy atom. The van der Waals surface area contributed by atoms with Gasteiger partial charge in [-0.15, -0.1) is 0 Å². The molecule has 0 bridgehead atoms. The topological polar surface area (TPSA) is 153 Å². The summed E-state index contributed by atoms with van der Waals surface area (Å²) in [5, 5.41) is 15.9. The number of benzene rings is 1. The highest BCUT2D eigenvalue weighted by Crippen LogP contribution is 2.25. The van der Waals surface area contributed by atoms with Gasteiger partial charge in [0, 0.05) is 18.5 Å². The van der Waals surface area contributed by atoms with Gasteiger partial charge in [0.15, 0.2) is 5.78 Å². The fourth-order valence-corrected chi connectivity index (χ4v) is 4.02. The van der Waals surface area contributed by atoms with Crippen LogP contribution < -0.4 is 10.6 Å². The number of aliphatic carboxylic acids is 1. The maximum Gasteiger partial charge on any atom is 0.305 e. The Morgan fingerprint density at radius 2 is 1.82 bits per heavy atom. The molecular formula is C22H25FN4O7. The zero-order valence-electron chi connectivity index (χ0n) is 18.2. The van der Waals surface area contributed by atoms with E-state index >= 15 is 0 Å². The lowest BCUT2D eigenvalue weighted by molar-refractivity contribution is -0.176. The van der Waals surface area contributed by atoms with Crippen molar-refractivity contribution in [1.29, 1.82) is 0 Å². The van der Waals surface area contributed by atoms with E-state index in [4.69, 9.17) is 5.11 Å². The summed E-state index contributed by atoms with van der Waals surface area (Å²) >= 11 is 0. The Morgan fingerprint density at radius 3 is 2.47 bits per heavy atom. The van der Waals surface area contributed by atoms with Crippen molar-refractivity contribution in [3.8, 4) is 0 Å². The number of ketones is 1. The summed E-state index contributed by atoms with van der Waals surface area (Å²) in [5.74, 6) is -5.02. The summed E-state index contributed by atoms with van der Waals surface area (Å²) in [6.45, 7) is -1.29. The lowest BCUT2D eigenvalue weighted by atomic mass is 10.0. The molecular weight excluding hydrogens is 451 g/mol. The molecule has 0 aromatic heterocycles. The van der Waals surface area contributed by atoms with Crippen molar-refractivity contribution < 1.29 is 38.3 Å². The Bertz CT molecular complexity index is 987. The number of nitrogens with zero attached hydrogens (tertiary/aromatic N) is 2. The van der Waals surface area contributed by atoms with Crippen LogP contribution >= 0.6 is 0 Å². The van der Waals surface area contributed by atoms with Gasteiger partial charge in [0.2, 0.25) is 11.8 Å². The summed E-state index contributed by atoms with van der Waals surface area (Å²) in [6, 6.07) is 4.24. The zero-order valence-corrected chi connectivity index (χ0v) is 18.2. The molecule has 12 heteroatoms. The van der Waals surface area contributed by atoms with Crippen LogP contribution in [0.4, 0.5) is 4.39 Å². The highest BCUT2D eigenvalue weighted by Gasteiger charge is 2.45. The maximum atomic E-state index is 13.4. The maximum absolute atomic E-state index is 13.4. The highest BCUT2D eigenvalue weighted by atomic mass is 19.1. The van der Waals surface area contributed by atoms with Crippen LogP contribution in [0.25, 0.3) is 0 Å². The minimum atomic E-state index is -1.61. The number of halogens is 1. The summed E-state index contributed by atoms with van der Waals surface area (Å²) in [4.78, 5) is 74.5. The van der Waals surface area contributed by atoms with E-state index in [-0.39, 0.29) is 25.8 Å². The number of hydrogen-bond acceptors (Lipinski definition) is 6. The number of rotatable bonds is 8. The van der Waals surface area contributed by atoms with Crippen molar-refractivity contribution in [2.24, 2.45) is 0 Å². The van der Waals surface area contributed by atoms with Crippen molar-refractivity contribution in [3.05, 3.63) is 35.9 Å². The Kier molecular flexibility index (Phi) is 7.92. The fraction of sp³-hybridized carbons (Fsp3) is 0.455. The number of hydrazine groups is 1. The van der Waals surface area contributed by atoms with Crippen LogP contribution in [0.3, 0.4) is 0 Å². The lowest BCUT2D eigenvalue weighted by Crippen LogP contribution is -2.64. The van der Waals surface area contributed by atoms with Gasteiger partial charge in [-0.05, 0) is 31.4 Å². The number of carboxylic acids is 1. The van der Waals surface area contributed by atoms with Crippen LogP contribution in [0.2, 0.25) is 0 Å². The number of nitrogens with one attached hydrogen (secondary N) is 2. The molecule has 0 radical (unpaired) electrons. The first kappa shape index (κ1) is 24.8. The van der Waals surface area contributed by atoms with Crippen molar-refractivity contribution in [2.45, 2.75) is 50.2 Å². The van der Waals surface area contributed by atoms with Crippen molar-refractivity contribution in [3.63, 3.8) is 0 Å². The largest absolute Gasteiger partial charge is 0.481 e. The average molecular weight is 476 g/mol. The average Bonchev–Trinajstić information content (AvgIpc) is 2.95. The number of carboxylic acid groups (broad SMARTS) is 1. The first-order chi connectivity index (χ1) is 16.2. The van der Waals surface area contributed by atoms with Gasteiger partial charge < -0.3 is 15.7 Å². The number of hydrogen-bond donors (Lipinski definition) is 3. The molecule has 2 heterocycles. The second-order valence-corrected chi connectivity index (χ2v) is 8.05. The third kappa shape index (κ3) is 5.56. The fourth-order valence-electron chi connectivity index (χ4n) is 4.02. The van der Waals surface area contributed by atoms with E-state index in [1.807, 2.05) is 0 Å². The minimum Gasteiger partial charge on any atom is -0.481 e. The van der Waals surface area contributed by atoms with Crippen LogP contribution in [-0.2, 0) is 24.0 Å². The first-order valence-electron chi connectivity index (χ1n) is 10.8. The normalized spacial score (nSPS) is 21.2. The van der Waals surface area contributed by atoms with Gasteiger partial charge in [-0.1, -0.05) is 18.2 Å². The molecule has 0 saturated carbocycles. The Balaban J connectivity index is 1.82. The predicted octanol–water partition coefficient (Wildman–Crippen LogP) is -0.188. The van der Waals surface area contributed by atoms with Crippen LogP contribution in [0.15, 0.2) is 30.3 Å². The molecule has 2 aliphatic heterocycles. The van der Waals surface area contributed by atoms with Crippen LogP contribution in [-0.4, -0.2) is 81.9 Å².